The zero-order valence-corrected chi connectivity index (χ0v) is 8.34. The minimum Gasteiger partial charge on any atom is -0.326 e. The van der Waals surface area contributed by atoms with Crippen LogP contribution in [0.5, 0.6) is 0 Å². The summed E-state index contributed by atoms with van der Waals surface area (Å²) in [4.78, 5) is 9.91. The van der Waals surface area contributed by atoms with Gasteiger partial charge >= 0.3 is 6.18 Å². The molecule has 0 radical (unpaired) electrons. The Labute approximate surface area is 89.0 Å². The topological polar surface area (TPSA) is 69.2 Å². The normalized spacial score (nSPS) is 11.6. The van der Waals surface area contributed by atoms with Gasteiger partial charge in [-0.15, -0.1) is 0 Å². The molecule has 7 heteroatoms. The number of nitrogens with zero attached hydrogens (tertiary/aromatic N) is 1. The second-order valence-corrected chi connectivity index (χ2v) is 3.26. The van der Waals surface area contributed by atoms with Crippen molar-refractivity contribution in [3.8, 4) is 0 Å². The van der Waals surface area contributed by atoms with E-state index < -0.39 is 16.7 Å². The van der Waals surface area contributed by atoms with E-state index in [0.29, 0.717) is 6.07 Å². The molecular formula is C9H9F3N2O2. The maximum absolute atomic E-state index is 12.4. The van der Waals surface area contributed by atoms with Gasteiger partial charge in [0.2, 0.25) is 0 Å². The number of rotatable bonds is 2. The molecule has 0 bridgehead atoms. The van der Waals surface area contributed by atoms with Gasteiger partial charge in [-0.1, -0.05) is 0 Å². The fourth-order valence-electron chi connectivity index (χ4n) is 1.43. The lowest BCUT2D eigenvalue weighted by atomic mass is 10.0. The summed E-state index contributed by atoms with van der Waals surface area (Å²) < 4.78 is 37.2. The van der Waals surface area contributed by atoms with Gasteiger partial charge in [-0.3, -0.25) is 10.1 Å². The van der Waals surface area contributed by atoms with Crippen molar-refractivity contribution in [2.45, 2.75) is 19.6 Å². The Bertz CT molecular complexity index is 429. The number of alkyl halides is 3. The smallest absolute Gasteiger partial charge is 0.326 e. The summed E-state index contributed by atoms with van der Waals surface area (Å²) >= 11 is 0. The summed E-state index contributed by atoms with van der Waals surface area (Å²) in [6.45, 7) is 0.952. The van der Waals surface area contributed by atoms with Crippen LogP contribution in [0.15, 0.2) is 12.1 Å². The summed E-state index contributed by atoms with van der Waals surface area (Å²) in [6.07, 6.45) is -4.52. The van der Waals surface area contributed by atoms with Gasteiger partial charge in [0.05, 0.1) is 10.5 Å². The van der Waals surface area contributed by atoms with Crippen LogP contribution >= 0.6 is 0 Å². The highest BCUT2D eigenvalue weighted by Gasteiger charge is 2.33. The Kier molecular flexibility index (Phi) is 3.18. The Hall–Kier alpha value is -1.63. The summed E-state index contributed by atoms with van der Waals surface area (Å²) in [7, 11) is 0. The lowest BCUT2D eigenvalue weighted by Crippen LogP contribution is -2.10. The van der Waals surface area contributed by atoms with Crippen molar-refractivity contribution < 1.29 is 18.1 Å². The minimum absolute atomic E-state index is 0.0414. The summed E-state index contributed by atoms with van der Waals surface area (Å²) in [5.74, 6) is 0. The maximum atomic E-state index is 12.4. The first-order valence-electron chi connectivity index (χ1n) is 4.32. The third-order valence-corrected chi connectivity index (χ3v) is 2.11. The van der Waals surface area contributed by atoms with Crippen LogP contribution in [0, 0.1) is 17.0 Å². The Morgan fingerprint density at radius 2 is 2.00 bits per heavy atom. The van der Waals surface area contributed by atoms with E-state index in [1.807, 2.05) is 0 Å². The van der Waals surface area contributed by atoms with Crippen LogP contribution in [-0.2, 0) is 12.7 Å². The molecule has 2 N–H and O–H groups in total. The van der Waals surface area contributed by atoms with Crippen LogP contribution < -0.4 is 5.73 Å². The van der Waals surface area contributed by atoms with Crippen molar-refractivity contribution in [3.05, 3.63) is 38.9 Å². The van der Waals surface area contributed by atoms with E-state index in [-0.39, 0.29) is 23.4 Å². The molecule has 88 valence electrons. The molecule has 4 nitrogen and oxygen atoms in total. The molecule has 1 aromatic rings. The van der Waals surface area contributed by atoms with E-state index in [1.165, 1.54) is 6.92 Å². The molecule has 0 aliphatic rings. The maximum Gasteiger partial charge on any atom is 0.416 e. The van der Waals surface area contributed by atoms with Gasteiger partial charge in [-0.25, -0.2) is 0 Å². The quantitative estimate of drug-likeness (QED) is 0.630. The van der Waals surface area contributed by atoms with E-state index in [1.54, 1.807) is 0 Å². The number of aryl methyl sites for hydroxylation is 1. The molecular weight excluding hydrogens is 225 g/mol. The van der Waals surface area contributed by atoms with E-state index in [9.17, 15) is 23.3 Å². The standard InChI is InChI=1S/C9H9F3N2O2/c1-5-2-7(9(10,11)12)3-6(4-13)8(5)14(15)16/h2-3H,4,13H2,1H3. The fourth-order valence-corrected chi connectivity index (χ4v) is 1.43. The fraction of sp³-hybridized carbons (Fsp3) is 0.333. The summed E-state index contributed by atoms with van der Waals surface area (Å²) in [6, 6.07) is 1.46. The molecule has 0 unspecified atom stereocenters. The van der Waals surface area contributed by atoms with Gasteiger partial charge in [0.25, 0.3) is 5.69 Å². The van der Waals surface area contributed by atoms with Gasteiger partial charge in [-0.05, 0) is 19.1 Å². The highest BCUT2D eigenvalue weighted by Crippen LogP contribution is 2.34. The molecule has 0 saturated heterocycles. The molecule has 0 aromatic heterocycles. The van der Waals surface area contributed by atoms with Gasteiger partial charge in [-0.2, -0.15) is 13.2 Å². The van der Waals surface area contributed by atoms with Crippen molar-refractivity contribution in [2.75, 3.05) is 0 Å². The second-order valence-electron chi connectivity index (χ2n) is 3.26. The number of halogens is 3. The molecule has 0 saturated carbocycles. The van der Waals surface area contributed by atoms with E-state index in [4.69, 9.17) is 5.73 Å². The minimum atomic E-state index is -4.52. The number of nitro benzene ring substituents is 1. The predicted molar refractivity (Wildman–Crippen MR) is 50.7 cm³/mol. The largest absolute Gasteiger partial charge is 0.416 e. The molecule has 0 aliphatic heterocycles. The zero-order valence-electron chi connectivity index (χ0n) is 8.34. The predicted octanol–water partition coefficient (Wildman–Crippen LogP) is 2.38. The molecule has 0 heterocycles. The third kappa shape index (κ3) is 2.30. The first kappa shape index (κ1) is 12.4. The molecule has 1 aromatic carbocycles. The summed E-state index contributed by atoms with van der Waals surface area (Å²) in [5.41, 5.74) is 3.77. The first-order chi connectivity index (χ1) is 7.27. The number of hydrogen-bond donors (Lipinski definition) is 1. The van der Waals surface area contributed by atoms with Crippen LogP contribution in [0.4, 0.5) is 18.9 Å². The lowest BCUT2D eigenvalue weighted by Gasteiger charge is -2.10. The Balaban J connectivity index is 3.44. The average molecular weight is 234 g/mol. The van der Waals surface area contributed by atoms with Crippen LogP contribution in [-0.4, -0.2) is 4.92 Å². The molecule has 0 amide bonds. The van der Waals surface area contributed by atoms with Gasteiger partial charge in [0.1, 0.15) is 0 Å². The van der Waals surface area contributed by atoms with E-state index in [0.717, 1.165) is 6.07 Å². The lowest BCUT2D eigenvalue weighted by molar-refractivity contribution is -0.386. The Morgan fingerprint density at radius 1 is 1.44 bits per heavy atom. The number of nitro groups is 1. The van der Waals surface area contributed by atoms with Crippen molar-refractivity contribution in [3.63, 3.8) is 0 Å². The molecule has 1 rings (SSSR count). The molecule has 0 atom stereocenters. The second kappa shape index (κ2) is 4.09. The van der Waals surface area contributed by atoms with Crippen molar-refractivity contribution >= 4 is 5.69 Å². The summed E-state index contributed by atoms with van der Waals surface area (Å²) in [5, 5.41) is 10.6. The highest BCUT2D eigenvalue weighted by atomic mass is 19.4. The molecule has 0 spiro atoms. The van der Waals surface area contributed by atoms with Gasteiger partial charge < -0.3 is 5.73 Å². The van der Waals surface area contributed by atoms with Crippen molar-refractivity contribution in [2.24, 2.45) is 5.73 Å². The zero-order chi connectivity index (χ0) is 12.5. The monoisotopic (exact) mass is 234 g/mol. The van der Waals surface area contributed by atoms with Crippen molar-refractivity contribution in [1.29, 1.82) is 0 Å². The van der Waals surface area contributed by atoms with E-state index >= 15 is 0 Å². The SMILES string of the molecule is Cc1cc(C(F)(F)F)cc(CN)c1[N+](=O)[O-]. The molecule has 16 heavy (non-hydrogen) atoms. The number of nitrogens with two attached hydrogens (primary N) is 1. The first-order valence-corrected chi connectivity index (χ1v) is 4.32. The average Bonchev–Trinajstić information content (AvgIpc) is 2.14. The van der Waals surface area contributed by atoms with Crippen LogP contribution in [0.1, 0.15) is 16.7 Å². The Morgan fingerprint density at radius 3 is 2.38 bits per heavy atom. The highest BCUT2D eigenvalue weighted by molar-refractivity contribution is 5.50. The number of benzene rings is 1. The third-order valence-electron chi connectivity index (χ3n) is 2.11. The van der Waals surface area contributed by atoms with Crippen LogP contribution in [0.25, 0.3) is 0 Å². The van der Waals surface area contributed by atoms with Crippen LogP contribution in [0.2, 0.25) is 0 Å². The molecule has 0 aliphatic carbocycles. The van der Waals surface area contributed by atoms with E-state index in [2.05, 4.69) is 0 Å². The van der Waals surface area contributed by atoms with Gasteiger partial charge in [0, 0.05) is 17.7 Å². The van der Waals surface area contributed by atoms with Crippen molar-refractivity contribution in [1.82, 2.24) is 0 Å². The van der Waals surface area contributed by atoms with Gasteiger partial charge in [0.15, 0.2) is 0 Å². The number of hydrogen-bond acceptors (Lipinski definition) is 3. The molecule has 0 fully saturated rings. The van der Waals surface area contributed by atoms with Crippen LogP contribution in [0.3, 0.4) is 0 Å².